The lowest BCUT2D eigenvalue weighted by Crippen LogP contribution is -2.26. The van der Waals surface area contributed by atoms with E-state index in [-0.39, 0.29) is 0 Å². The molecule has 1 heterocycles. The third-order valence-corrected chi connectivity index (χ3v) is 10.7. The van der Waals surface area contributed by atoms with Gasteiger partial charge in [-0.25, -0.2) is 9.98 Å². The number of fused-ring (bicyclic) bond motifs is 14. The topological polar surface area (TPSA) is 37.9 Å². The number of para-hydroxylation sites is 1. The van der Waals surface area contributed by atoms with E-state index in [0.29, 0.717) is 11.5 Å². The summed E-state index contributed by atoms with van der Waals surface area (Å²) in [6.07, 6.45) is 0. The predicted octanol–water partition coefficient (Wildman–Crippen LogP) is 11.9. The summed E-state index contributed by atoms with van der Waals surface area (Å²) in [7, 11) is 0. The highest BCUT2D eigenvalue weighted by atomic mass is 16.3. The van der Waals surface area contributed by atoms with Crippen LogP contribution in [0, 0.1) is 0 Å². The van der Waals surface area contributed by atoms with Crippen LogP contribution in [0.5, 0.6) is 0 Å². The van der Waals surface area contributed by atoms with Gasteiger partial charge in [0, 0.05) is 27.6 Å². The number of benzene rings is 7. The van der Waals surface area contributed by atoms with Crippen LogP contribution in [0.4, 0.5) is 0 Å². The SMILES string of the molecule is C=C(N=C(N=C(C)c1ccc2c(c1)C1(c3ccccc3-2)c2ccccc2-c2c1ccc1c2oc2ccccc21)c1ccccc1)c1ccccc1. The van der Waals surface area contributed by atoms with Gasteiger partial charge in [-0.1, -0.05) is 158 Å². The van der Waals surface area contributed by atoms with Gasteiger partial charge in [-0.2, -0.15) is 0 Å². The smallest absolute Gasteiger partial charge is 0.160 e. The molecule has 0 saturated heterocycles. The molecule has 0 fully saturated rings. The van der Waals surface area contributed by atoms with Crippen molar-refractivity contribution < 1.29 is 4.42 Å². The third kappa shape index (κ3) is 4.25. The van der Waals surface area contributed by atoms with Crippen LogP contribution in [0.2, 0.25) is 0 Å². The standard InChI is InChI=1S/C48H32N2O/c1-30(32-15-5-3-6-16-32)49-47(33-17-7-4-8-18-33)50-31(2)34-25-26-36-35-19-9-12-22-40(35)48(43(36)29-34)41-23-13-10-21-39(41)45-42(48)28-27-38-37-20-11-14-24-44(37)51-46(38)45/h3-29H,1H2,2H3. The predicted molar refractivity (Wildman–Crippen MR) is 211 cm³/mol. The fourth-order valence-corrected chi connectivity index (χ4v) is 8.41. The second kappa shape index (κ2) is 11.2. The lowest BCUT2D eigenvalue weighted by atomic mass is 9.70. The van der Waals surface area contributed by atoms with E-state index in [9.17, 15) is 0 Å². The van der Waals surface area contributed by atoms with E-state index in [2.05, 4.69) is 111 Å². The van der Waals surface area contributed by atoms with Crippen molar-refractivity contribution in [3.8, 4) is 22.3 Å². The zero-order chi connectivity index (χ0) is 34.1. The second-order valence-electron chi connectivity index (χ2n) is 13.4. The third-order valence-electron chi connectivity index (χ3n) is 10.7. The number of hydrogen-bond acceptors (Lipinski definition) is 2. The van der Waals surface area contributed by atoms with Crippen LogP contribution >= 0.6 is 0 Å². The quantitative estimate of drug-likeness (QED) is 0.138. The van der Waals surface area contributed by atoms with E-state index in [1.807, 2.05) is 66.7 Å². The van der Waals surface area contributed by atoms with Gasteiger partial charge in [0.15, 0.2) is 5.84 Å². The molecule has 1 spiro atoms. The van der Waals surface area contributed by atoms with Crippen molar-refractivity contribution in [2.75, 3.05) is 0 Å². The zero-order valence-electron chi connectivity index (χ0n) is 28.1. The number of amidine groups is 1. The molecule has 0 radical (unpaired) electrons. The Hall–Kier alpha value is -6.58. The number of aliphatic imine (C=N–C) groups is 2. The summed E-state index contributed by atoms with van der Waals surface area (Å²) in [5, 5.41) is 2.28. The van der Waals surface area contributed by atoms with Crippen LogP contribution in [-0.2, 0) is 5.41 Å². The molecule has 0 aliphatic heterocycles. The lowest BCUT2D eigenvalue weighted by molar-refractivity contribution is 0.669. The number of hydrogen-bond donors (Lipinski definition) is 0. The van der Waals surface area contributed by atoms with Crippen LogP contribution < -0.4 is 0 Å². The normalized spacial score (nSPS) is 15.9. The molecule has 0 N–H and O–H groups in total. The molecule has 240 valence electrons. The summed E-state index contributed by atoms with van der Waals surface area (Å²) in [5.41, 5.74) is 15.8. The summed E-state index contributed by atoms with van der Waals surface area (Å²) in [6.45, 7) is 6.38. The number of furan rings is 1. The molecule has 3 heteroatoms. The van der Waals surface area contributed by atoms with Crippen molar-refractivity contribution >= 4 is 39.2 Å². The molecule has 0 saturated carbocycles. The van der Waals surface area contributed by atoms with Crippen LogP contribution in [0.25, 0.3) is 49.9 Å². The summed E-state index contributed by atoms with van der Waals surface area (Å²) >= 11 is 0. The van der Waals surface area contributed by atoms with E-state index >= 15 is 0 Å². The fourth-order valence-electron chi connectivity index (χ4n) is 8.41. The van der Waals surface area contributed by atoms with Gasteiger partial charge < -0.3 is 4.42 Å². The highest BCUT2D eigenvalue weighted by molar-refractivity contribution is 6.15. The Bertz CT molecular complexity index is 2770. The molecular weight excluding hydrogens is 621 g/mol. The Labute approximate surface area is 296 Å². The lowest BCUT2D eigenvalue weighted by Gasteiger charge is -2.30. The maximum absolute atomic E-state index is 6.70. The first-order chi connectivity index (χ1) is 25.1. The van der Waals surface area contributed by atoms with E-state index < -0.39 is 5.41 Å². The van der Waals surface area contributed by atoms with Crippen LogP contribution in [-0.4, -0.2) is 11.5 Å². The minimum absolute atomic E-state index is 0.515. The van der Waals surface area contributed by atoms with Gasteiger partial charge in [0.05, 0.1) is 11.1 Å². The van der Waals surface area contributed by atoms with Crippen molar-refractivity contribution in [2.24, 2.45) is 9.98 Å². The number of nitrogens with zero attached hydrogens (tertiary/aromatic N) is 2. The first-order valence-electron chi connectivity index (χ1n) is 17.4. The van der Waals surface area contributed by atoms with Gasteiger partial charge in [-0.15, -0.1) is 0 Å². The molecule has 1 atom stereocenters. The Balaban J connectivity index is 1.20. The molecule has 10 rings (SSSR count). The molecule has 8 aromatic rings. The molecule has 2 aliphatic carbocycles. The molecule has 0 amide bonds. The minimum atomic E-state index is -0.515. The maximum Gasteiger partial charge on any atom is 0.160 e. The Morgan fingerprint density at radius 1 is 0.510 bits per heavy atom. The zero-order valence-corrected chi connectivity index (χ0v) is 28.1. The Morgan fingerprint density at radius 2 is 1.14 bits per heavy atom. The van der Waals surface area contributed by atoms with Gasteiger partial charge >= 0.3 is 0 Å². The van der Waals surface area contributed by atoms with Gasteiger partial charge in [0.2, 0.25) is 0 Å². The Kier molecular flexibility index (Phi) is 6.46. The highest BCUT2D eigenvalue weighted by Gasteiger charge is 2.52. The van der Waals surface area contributed by atoms with Gasteiger partial charge in [0.1, 0.15) is 11.2 Å². The van der Waals surface area contributed by atoms with Crippen molar-refractivity contribution in [1.29, 1.82) is 0 Å². The maximum atomic E-state index is 6.70. The van der Waals surface area contributed by atoms with E-state index in [0.717, 1.165) is 44.3 Å². The average Bonchev–Trinajstić information content (AvgIpc) is 3.82. The summed E-state index contributed by atoms with van der Waals surface area (Å²) in [5.74, 6) is 0.629. The highest BCUT2D eigenvalue weighted by Crippen LogP contribution is 2.64. The fraction of sp³-hybridized carbons (Fsp3) is 0.0417. The van der Waals surface area contributed by atoms with Crippen LogP contribution in [0.1, 0.15) is 45.9 Å². The molecule has 1 aromatic heterocycles. The van der Waals surface area contributed by atoms with Gasteiger partial charge in [0.25, 0.3) is 0 Å². The first-order valence-corrected chi connectivity index (χ1v) is 17.4. The summed E-state index contributed by atoms with van der Waals surface area (Å²) in [6, 6.07) is 57.8. The van der Waals surface area contributed by atoms with Crippen LogP contribution in [0.15, 0.2) is 185 Å². The molecular formula is C48H32N2O. The molecule has 1 unspecified atom stereocenters. The number of rotatable bonds is 4. The van der Waals surface area contributed by atoms with Crippen molar-refractivity contribution in [3.05, 3.63) is 209 Å². The summed E-state index contributed by atoms with van der Waals surface area (Å²) < 4.78 is 6.70. The van der Waals surface area contributed by atoms with Gasteiger partial charge in [-0.05, 0) is 69.1 Å². The van der Waals surface area contributed by atoms with E-state index in [4.69, 9.17) is 14.4 Å². The van der Waals surface area contributed by atoms with E-state index in [1.54, 1.807) is 0 Å². The summed E-state index contributed by atoms with van der Waals surface area (Å²) in [4.78, 5) is 10.2. The van der Waals surface area contributed by atoms with Crippen molar-refractivity contribution in [2.45, 2.75) is 12.3 Å². The van der Waals surface area contributed by atoms with Gasteiger partial charge in [-0.3, -0.25) is 0 Å². The molecule has 7 aromatic carbocycles. The first kappa shape index (κ1) is 29.3. The van der Waals surface area contributed by atoms with Crippen molar-refractivity contribution in [3.63, 3.8) is 0 Å². The molecule has 0 bridgehead atoms. The second-order valence-corrected chi connectivity index (χ2v) is 13.4. The van der Waals surface area contributed by atoms with Crippen LogP contribution in [0.3, 0.4) is 0 Å². The molecule has 51 heavy (non-hydrogen) atoms. The molecule has 3 nitrogen and oxygen atoms in total. The van der Waals surface area contributed by atoms with E-state index in [1.165, 1.54) is 44.5 Å². The monoisotopic (exact) mass is 652 g/mol. The Morgan fingerprint density at radius 3 is 1.92 bits per heavy atom. The van der Waals surface area contributed by atoms with Crippen molar-refractivity contribution in [1.82, 2.24) is 0 Å². The largest absolute Gasteiger partial charge is 0.455 e. The minimum Gasteiger partial charge on any atom is -0.455 e. The molecule has 2 aliphatic rings. The average molecular weight is 653 g/mol.